The molecule has 0 saturated carbocycles. The molecule has 19 heavy (non-hydrogen) atoms. The van der Waals surface area contributed by atoms with Crippen LogP contribution in [0.15, 0.2) is 0 Å². The van der Waals surface area contributed by atoms with E-state index in [1.54, 1.807) is 4.90 Å². The Kier molecular flexibility index (Phi) is 5.16. The highest BCUT2D eigenvalue weighted by Crippen LogP contribution is 2.25. The molecule has 6 nitrogen and oxygen atoms in total. The fourth-order valence-corrected chi connectivity index (χ4v) is 2.45. The van der Waals surface area contributed by atoms with Gasteiger partial charge in [-0.3, -0.25) is 0 Å². The largest absolute Gasteiger partial charge is 0.480 e. The maximum atomic E-state index is 12.4. The lowest BCUT2D eigenvalue weighted by Gasteiger charge is -2.33. The van der Waals surface area contributed by atoms with E-state index < -0.39 is 12.0 Å². The minimum atomic E-state index is -0.956. The molecule has 0 aromatic heterocycles. The lowest BCUT2D eigenvalue weighted by atomic mass is 10.0. The molecule has 106 valence electrons. The summed E-state index contributed by atoms with van der Waals surface area (Å²) in [6.07, 6.45) is 0.956. The van der Waals surface area contributed by atoms with Gasteiger partial charge in [0.05, 0.1) is 12.5 Å². The molecule has 1 saturated heterocycles. The van der Waals surface area contributed by atoms with Crippen molar-refractivity contribution < 1.29 is 14.7 Å². The van der Waals surface area contributed by atoms with Crippen molar-refractivity contribution in [3.63, 3.8) is 0 Å². The van der Waals surface area contributed by atoms with Crippen LogP contribution in [0, 0.1) is 17.2 Å². The Morgan fingerprint density at radius 1 is 1.53 bits per heavy atom. The maximum Gasteiger partial charge on any atom is 0.326 e. The summed E-state index contributed by atoms with van der Waals surface area (Å²) in [6, 6.07) is 0.933. The second-order valence-electron chi connectivity index (χ2n) is 5.22. The summed E-state index contributed by atoms with van der Waals surface area (Å²) < 4.78 is 0. The second kappa shape index (κ2) is 6.41. The lowest BCUT2D eigenvalue weighted by Crippen LogP contribution is -2.51. The van der Waals surface area contributed by atoms with E-state index in [-0.39, 0.29) is 24.4 Å². The van der Waals surface area contributed by atoms with E-state index in [1.807, 2.05) is 26.8 Å². The number of amides is 2. The molecule has 2 atom stereocenters. The standard InChI is InChI=1S/C13H21N3O3/c1-9(2)15(7-4-6-14)13(19)16-8-5-10(3)11(16)12(17)18/h9-11H,4-5,7-8H2,1-3H3,(H,17,18). The number of likely N-dealkylation sites (tertiary alicyclic amines) is 1. The molecule has 1 aliphatic heterocycles. The highest BCUT2D eigenvalue weighted by Gasteiger charge is 2.41. The molecular weight excluding hydrogens is 246 g/mol. The summed E-state index contributed by atoms with van der Waals surface area (Å²) in [4.78, 5) is 26.7. The number of nitriles is 1. The van der Waals surface area contributed by atoms with Gasteiger partial charge in [0.25, 0.3) is 0 Å². The molecule has 0 aliphatic carbocycles. The van der Waals surface area contributed by atoms with Crippen LogP contribution in [0.3, 0.4) is 0 Å². The van der Waals surface area contributed by atoms with E-state index in [0.29, 0.717) is 19.5 Å². The van der Waals surface area contributed by atoms with Crippen LogP contribution in [0.4, 0.5) is 4.79 Å². The number of hydrogen-bond acceptors (Lipinski definition) is 3. The molecule has 0 spiro atoms. The molecule has 1 aliphatic rings. The van der Waals surface area contributed by atoms with Crippen LogP contribution in [0.25, 0.3) is 0 Å². The van der Waals surface area contributed by atoms with Gasteiger partial charge in [0.15, 0.2) is 0 Å². The molecule has 2 unspecified atom stereocenters. The normalized spacial score (nSPS) is 22.4. The topological polar surface area (TPSA) is 84.6 Å². The summed E-state index contributed by atoms with van der Waals surface area (Å²) >= 11 is 0. The Balaban J connectivity index is 2.84. The van der Waals surface area contributed by atoms with Gasteiger partial charge < -0.3 is 14.9 Å². The molecule has 0 bridgehead atoms. The van der Waals surface area contributed by atoms with E-state index in [4.69, 9.17) is 5.26 Å². The Morgan fingerprint density at radius 3 is 2.63 bits per heavy atom. The van der Waals surface area contributed by atoms with Crippen LogP contribution in [0.5, 0.6) is 0 Å². The number of nitrogens with zero attached hydrogens (tertiary/aromatic N) is 3. The number of carbonyl (C=O) groups is 2. The van der Waals surface area contributed by atoms with Gasteiger partial charge in [-0.15, -0.1) is 0 Å². The number of carboxylic acids is 1. The van der Waals surface area contributed by atoms with Gasteiger partial charge in [-0.2, -0.15) is 5.26 Å². The third kappa shape index (κ3) is 3.37. The Bertz CT molecular complexity index is 389. The molecule has 0 aromatic rings. The first kappa shape index (κ1) is 15.3. The molecule has 1 heterocycles. The average molecular weight is 267 g/mol. The Hall–Kier alpha value is -1.77. The Morgan fingerprint density at radius 2 is 2.16 bits per heavy atom. The predicted molar refractivity (Wildman–Crippen MR) is 69.4 cm³/mol. The van der Waals surface area contributed by atoms with Gasteiger partial charge in [0, 0.05) is 19.1 Å². The van der Waals surface area contributed by atoms with Crippen LogP contribution in [-0.4, -0.2) is 52.1 Å². The fraction of sp³-hybridized carbons (Fsp3) is 0.769. The minimum absolute atomic E-state index is 0.0357. The number of rotatable bonds is 4. The summed E-state index contributed by atoms with van der Waals surface area (Å²) in [7, 11) is 0. The number of hydrogen-bond donors (Lipinski definition) is 1. The van der Waals surface area contributed by atoms with E-state index >= 15 is 0 Å². The maximum absolute atomic E-state index is 12.4. The van der Waals surface area contributed by atoms with Gasteiger partial charge in [0.2, 0.25) is 0 Å². The summed E-state index contributed by atoms with van der Waals surface area (Å²) in [5.74, 6) is -0.992. The first-order valence-corrected chi connectivity index (χ1v) is 6.57. The van der Waals surface area contributed by atoms with Crippen LogP contribution < -0.4 is 0 Å². The van der Waals surface area contributed by atoms with Gasteiger partial charge in [-0.1, -0.05) is 6.92 Å². The van der Waals surface area contributed by atoms with Crippen molar-refractivity contribution in [2.24, 2.45) is 5.92 Å². The third-order valence-electron chi connectivity index (χ3n) is 3.53. The van der Waals surface area contributed by atoms with Crippen LogP contribution in [-0.2, 0) is 4.79 Å². The molecule has 0 aromatic carbocycles. The summed E-state index contributed by atoms with van der Waals surface area (Å²) in [6.45, 7) is 6.38. The minimum Gasteiger partial charge on any atom is -0.480 e. The van der Waals surface area contributed by atoms with Gasteiger partial charge in [0.1, 0.15) is 6.04 Å². The van der Waals surface area contributed by atoms with Crippen LogP contribution >= 0.6 is 0 Å². The smallest absolute Gasteiger partial charge is 0.326 e. The first-order chi connectivity index (χ1) is 8.90. The molecule has 1 fully saturated rings. The Labute approximate surface area is 113 Å². The number of aliphatic carboxylic acids is 1. The third-order valence-corrected chi connectivity index (χ3v) is 3.53. The lowest BCUT2D eigenvalue weighted by molar-refractivity contribution is -0.142. The van der Waals surface area contributed by atoms with Crippen molar-refractivity contribution in [3.05, 3.63) is 0 Å². The molecule has 0 radical (unpaired) electrons. The quantitative estimate of drug-likeness (QED) is 0.837. The highest BCUT2D eigenvalue weighted by molar-refractivity contribution is 5.83. The van der Waals surface area contributed by atoms with Crippen molar-refractivity contribution >= 4 is 12.0 Å². The average Bonchev–Trinajstić information content (AvgIpc) is 2.71. The van der Waals surface area contributed by atoms with Crippen LogP contribution in [0.2, 0.25) is 0 Å². The number of urea groups is 1. The van der Waals surface area contributed by atoms with E-state index in [2.05, 4.69) is 0 Å². The zero-order chi connectivity index (χ0) is 14.6. The number of carboxylic acid groups (broad SMARTS) is 1. The molecule has 1 rings (SSSR count). The van der Waals surface area contributed by atoms with Crippen molar-refractivity contribution in [3.8, 4) is 6.07 Å². The summed E-state index contributed by atoms with van der Waals surface area (Å²) in [5.41, 5.74) is 0. The van der Waals surface area contributed by atoms with Gasteiger partial charge >= 0.3 is 12.0 Å². The zero-order valence-corrected chi connectivity index (χ0v) is 11.7. The van der Waals surface area contributed by atoms with E-state index in [1.165, 1.54) is 4.90 Å². The predicted octanol–water partition coefficient (Wildman–Crippen LogP) is 1.53. The van der Waals surface area contributed by atoms with Gasteiger partial charge in [-0.25, -0.2) is 9.59 Å². The van der Waals surface area contributed by atoms with Crippen molar-refractivity contribution in [2.75, 3.05) is 13.1 Å². The van der Waals surface area contributed by atoms with Crippen molar-refractivity contribution in [1.29, 1.82) is 5.26 Å². The van der Waals surface area contributed by atoms with Crippen molar-refractivity contribution in [2.45, 2.75) is 45.7 Å². The van der Waals surface area contributed by atoms with Crippen molar-refractivity contribution in [1.82, 2.24) is 9.80 Å². The summed E-state index contributed by atoms with van der Waals surface area (Å²) in [5, 5.41) is 17.9. The molecular formula is C13H21N3O3. The molecule has 1 N–H and O–H groups in total. The van der Waals surface area contributed by atoms with E-state index in [0.717, 1.165) is 0 Å². The molecule has 6 heteroatoms. The van der Waals surface area contributed by atoms with E-state index in [9.17, 15) is 14.7 Å². The zero-order valence-electron chi connectivity index (χ0n) is 11.7. The second-order valence-corrected chi connectivity index (χ2v) is 5.22. The number of carbonyl (C=O) groups excluding carboxylic acids is 1. The monoisotopic (exact) mass is 267 g/mol. The molecule has 2 amide bonds. The van der Waals surface area contributed by atoms with Gasteiger partial charge in [-0.05, 0) is 26.2 Å². The fourth-order valence-electron chi connectivity index (χ4n) is 2.45. The van der Waals surface area contributed by atoms with Crippen LogP contribution in [0.1, 0.15) is 33.6 Å². The first-order valence-electron chi connectivity index (χ1n) is 6.57. The highest BCUT2D eigenvalue weighted by atomic mass is 16.4. The SMILES string of the molecule is CC1CCN(C(=O)N(CCC#N)C(C)C)C1C(=O)O.